The van der Waals surface area contributed by atoms with Crippen LogP contribution in [0.4, 0.5) is 0 Å². The molecule has 0 bridgehead atoms. The monoisotopic (exact) mass is 226 g/mol. The topological polar surface area (TPSA) is 24.7 Å². The van der Waals surface area contributed by atoms with Crippen molar-refractivity contribution in [3.63, 3.8) is 0 Å². The summed E-state index contributed by atoms with van der Waals surface area (Å²) in [5.74, 6) is 0.701. The van der Waals surface area contributed by atoms with E-state index in [-0.39, 0.29) is 0 Å². The van der Waals surface area contributed by atoms with Crippen molar-refractivity contribution >= 4 is 12.1 Å². The average molecular weight is 226 g/mol. The first-order valence-corrected chi connectivity index (χ1v) is 5.47. The van der Waals surface area contributed by atoms with E-state index >= 15 is 0 Å². The van der Waals surface area contributed by atoms with Crippen LogP contribution in [0.15, 0.2) is 58.6 Å². The van der Waals surface area contributed by atoms with Crippen LogP contribution in [-0.2, 0) is 0 Å². The summed E-state index contributed by atoms with van der Waals surface area (Å²) >= 11 is 0. The molecular formula is C15H18N2. The van der Waals surface area contributed by atoms with Gasteiger partial charge in [0.1, 0.15) is 0 Å². The number of nitrogens with zero attached hydrogens (tertiary/aromatic N) is 2. The largest absolute Gasteiger partial charge is 0.270 e. The number of allylic oxidation sites excluding steroid dienone is 2. The van der Waals surface area contributed by atoms with Gasteiger partial charge in [0.2, 0.25) is 0 Å². The zero-order valence-corrected chi connectivity index (χ0v) is 10.7. The second-order valence-corrected chi connectivity index (χ2v) is 3.98. The Morgan fingerprint density at radius 3 is 2.24 bits per heavy atom. The smallest absolute Gasteiger partial charge is 0.154 e. The van der Waals surface area contributed by atoms with Crippen molar-refractivity contribution in [2.45, 2.75) is 13.8 Å². The Bertz CT molecular complexity index is 476. The second kappa shape index (κ2) is 5.94. The van der Waals surface area contributed by atoms with Gasteiger partial charge in [-0.25, -0.2) is 4.99 Å². The number of benzene rings is 1. The molecule has 1 aromatic carbocycles. The van der Waals surface area contributed by atoms with E-state index in [9.17, 15) is 0 Å². The predicted octanol–water partition coefficient (Wildman–Crippen LogP) is 3.57. The van der Waals surface area contributed by atoms with E-state index in [0.29, 0.717) is 5.84 Å². The highest BCUT2D eigenvalue weighted by atomic mass is 14.9. The highest BCUT2D eigenvalue weighted by Crippen LogP contribution is 2.07. The molecule has 0 aliphatic heterocycles. The zero-order valence-electron chi connectivity index (χ0n) is 10.7. The Balaban J connectivity index is 2.91. The maximum atomic E-state index is 4.33. The maximum Gasteiger partial charge on any atom is 0.154 e. The van der Waals surface area contributed by atoms with Gasteiger partial charge in [-0.3, -0.25) is 4.99 Å². The molecule has 0 radical (unpaired) electrons. The van der Waals surface area contributed by atoms with Crippen molar-refractivity contribution in [2.75, 3.05) is 7.05 Å². The van der Waals surface area contributed by atoms with Crippen molar-refractivity contribution in [3.05, 3.63) is 59.7 Å². The lowest BCUT2D eigenvalue weighted by Gasteiger charge is -2.01. The molecule has 0 spiro atoms. The zero-order chi connectivity index (χ0) is 12.8. The van der Waals surface area contributed by atoms with Crippen LogP contribution >= 0.6 is 0 Å². The van der Waals surface area contributed by atoms with E-state index in [1.54, 1.807) is 13.3 Å². The number of rotatable bonds is 3. The van der Waals surface area contributed by atoms with Crippen LogP contribution in [0.3, 0.4) is 0 Å². The first kappa shape index (κ1) is 13.1. The van der Waals surface area contributed by atoms with Gasteiger partial charge < -0.3 is 0 Å². The highest BCUT2D eigenvalue weighted by molar-refractivity contribution is 6.05. The summed E-state index contributed by atoms with van der Waals surface area (Å²) < 4.78 is 0. The molecule has 0 saturated heterocycles. The summed E-state index contributed by atoms with van der Waals surface area (Å²) in [5, 5.41) is 0. The van der Waals surface area contributed by atoms with Crippen LogP contribution in [0.1, 0.15) is 18.1 Å². The van der Waals surface area contributed by atoms with E-state index in [1.807, 2.05) is 31.2 Å². The minimum Gasteiger partial charge on any atom is -0.270 e. The summed E-state index contributed by atoms with van der Waals surface area (Å²) in [7, 11) is 1.73. The fourth-order valence-electron chi connectivity index (χ4n) is 1.21. The van der Waals surface area contributed by atoms with Crippen LogP contribution in [0.5, 0.6) is 0 Å². The summed E-state index contributed by atoms with van der Waals surface area (Å²) in [6.45, 7) is 11.6. The Morgan fingerprint density at radius 2 is 1.76 bits per heavy atom. The molecule has 1 rings (SSSR count). The van der Waals surface area contributed by atoms with Crippen molar-refractivity contribution in [1.82, 2.24) is 0 Å². The van der Waals surface area contributed by atoms with Crippen LogP contribution in [-0.4, -0.2) is 19.1 Å². The van der Waals surface area contributed by atoms with E-state index in [0.717, 1.165) is 16.7 Å². The van der Waals surface area contributed by atoms with Gasteiger partial charge in [0, 0.05) is 18.8 Å². The Hall–Kier alpha value is -1.96. The lowest BCUT2D eigenvalue weighted by molar-refractivity contribution is 1.37. The fraction of sp³-hybridized carbons (Fsp3) is 0.200. The van der Waals surface area contributed by atoms with Gasteiger partial charge in [-0.2, -0.15) is 0 Å². The molecule has 0 amide bonds. The molecule has 2 nitrogen and oxygen atoms in total. The molecular weight excluding hydrogens is 208 g/mol. The van der Waals surface area contributed by atoms with Gasteiger partial charge in [-0.15, -0.1) is 0 Å². The van der Waals surface area contributed by atoms with Crippen molar-refractivity contribution < 1.29 is 0 Å². The minimum atomic E-state index is 0.701. The number of hydrogen-bond acceptors (Lipinski definition) is 1. The second-order valence-electron chi connectivity index (χ2n) is 3.98. The van der Waals surface area contributed by atoms with Crippen LogP contribution in [0.2, 0.25) is 0 Å². The Kier molecular flexibility index (Phi) is 4.58. The van der Waals surface area contributed by atoms with Crippen molar-refractivity contribution in [2.24, 2.45) is 9.98 Å². The standard InChI is InChI=1S/C15H18N2/c1-11(2)13(4)10-17-15(16-5)14-8-6-12(3)7-9-14/h6-10H,1,4H2,2-3,5H3/b16-15-,17-10-. The summed E-state index contributed by atoms with van der Waals surface area (Å²) in [6.07, 6.45) is 1.70. The van der Waals surface area contributed by atoms with Crippen LogP contribution < -0.4 is 0 Å². The third-order valence-corrected chi connectivity index (χ3v) is 2.41. The molecule has 1 aromatic rings. The number of amidine groups is 1. The molecule has 0 heterocycles. The normalized spacial score (nSPS) is 11.8. The number of aryl methyl sites for hydroxylation is 1. The van der Waals surface area contributed by atoms with Crippen molar-refractivity contribution in [3.8, 4) is 0 Å². The molecule has 0 aliphatic carbocycles. The quantitative estimate of drug-likeness (QED) is 0.427. The molecule has 17 heavy (non-hydrogen) atoms. The van der Waals surface area contributed by atoms with E-state index in [1.165, 1.54) is 5.56 Å². The van der Waals surface area contributed by atoms with Crippen molar-refractivity contribution in [1.29, 1.82) is 0 Å². The maximum absolute atomic E-state index is 4.33. The predicted molar refractivity (Wildman–Crippen MR) is 76.1 cm³/mol. The van der Waals surface area contributed by atoms with Gasteiger partial charge in [0.25, 0.3) is 0 Å². The lowest BCUT2D eigenvalue weighted by Crippen LogP contribution is -1.98. The molecule has 0 aromatic heterocycles. The Morgan fingerprint density at radius 1 is 1.18 bits per heavy atom. The SMILES string of the molecule is C=C(C)C(=C)/C=N\C(=N/C)c1ccc(C)cc1. The molecule has 88 valence electrons. The lowest BCUT2D eigenvalue weighted by atomic mass is 10.1. The third kappa shape index (κ3) is 3.83. The highest BCUT2D eigenvalue weighted by Gasteiger charge is 1.99. The fourth-order valence-corrected chi connectivity index (χ4v) is 1.21. The molecule has 0 aliphatic rings. The van der Waals surface area contributed by atoms with Gasteiger partial charge in [0.15, 0.2) is 5.84 Å². The number of aliphatic imine (C=N–C) groups is 2. The van der Waals surface area contributed by atoms with Crippen LogP contribution in [0, 0.1) is 6.92 Å². The van der Waals surface area contributed by atoms with Gasteiger partial charge in [-0.1, -0.05) is 48.6 Å². The molecule has 0 N–H and O–H groups in total. The molecule has 0 atom stereocenters. The molecule has 0 unspecified atom stereocenters. The van der Waals surface area contributed by atoms with E-state index < -0.39 is 0 Å². The van der Waals surface area contributed by atoms with Gasteiger partial charge in [0.05, 0.1) is 0 Å². The first-order valence-electron chi connectivity index (χ1n) is 5.47. The molecule has 0 fully saturated rings. The van der Waals surface area contributed by atoms with E-state index in [2.05, 4.69) is 30.1 Å². The van der Waals surface area contributed by atoms with Crippen LogP contribution in [0.25, 0.3) is 0 Å². The molecule has 2 heteroatoms. The van der Waals surface area contributed by atoms with Gasteiger partial charge >= 0.3 is 0 Å². The minimum absolute atomic E-state index is 0.701. The Labute approximate surface area is 103 Å². The summed E-state index contributed by atoms with van der Waals surface area (Å²) in [4.78, 5) is 8.50. The first-order chi connectivity index (χ1) is 8.04. The third-order valence-electron chi connectivity index (χ3n) is 2.41. The van der Waals surface area contributed by atoms with Gasteiger partial charge in [-0.05, 0) is 19.4 Å². The van der Waals surface area contributed by atoms with E-state index in [4.69, 9.17) is 0 Å². The molecule has 0 saturated carbocycles. The average Bonchev–Trinajstić information content (AvgIpc) is 2.31. The summed E-state index contributed by atoms with van der Waals surface area (Å²) in [6, 6.07) is 8.12. The number of hydrogen-bond donors (Lipinski definition) is 0. The summed E-state index contributed by atoms with van der Waals surface area (Å²) in [5.41, 5.74) is 3.95.